The zero-order valence-electron chi connectivity index (χ0n) is 11.7. The molecule has 4 nitrogen and oxygen atoms in total. The number of rotatable bonds is 4. The van der Waals surface area contributed by atoms with Crippen molar-refractivity contribution < 1.29 is 0 Å². The summed E-state index contributed by atoms with van der Waals surface area (Å²) in [7, 11) is 1.96. The van der Waals surface area contributed by atoms with Crippen molar-refractivity contribution in [2.45, 2.75) is 39.7 Å². The van der Waals surface area contributed by atoms with Gasteiger partial charge in [-0.1, -0.05) is 20.3 Å². The van der Waals surface area contributed by atoms with Gasteiger partial charge in [-0.2, -0.15) is 0 Å². The maximum absolute atomic E-state index is 4.47. The largest absolute Gasteiger partial charge is 0.356 e. The average Bonchev–Trinajstić information content (AvgIpc) is 2.41. The van der Waals surface area contributed by atoms with Gasteiger partial charge >= 0.3 is 0 Å². The average molecular weight is 248 g/mol. The predicted octanol–water partition coefficient (Wildman–Crippen LogP) is 2.21. The topological polar surface area (TPSA) is 41.1 Å². The second-order valence-electron chi connectivity index (χ2n) is 5.55. The van der Waals surface area contributed by atoms with Crippen LogP contribution in [0.15, 0.2) is 12.5 Å². The van der Waals surface area contributed by atoms with Crippen molar-refractivity contribution in [1.82, 2.24) is 15.3 Å². The van der Waals surface area contributed by atoms with Crippen LogP contribution < -0.4 is 10.2 Å². The zero-order chi connectivity index (χ0) is 13.0. The van der Waals surface area contributed by atoms with E-state index in [4.69, 9.17) is 0 Å². The van der Waals surface area contributed by atoms with Crippen molar-refractivity contribution in [3.63, 3.8) is 0 Å². The van der Waals surface area contributed by atoms with Crippen molar-refractivity contribution in [2.24, 2.45) is 5.41 Å². The molecule has 0 bridgehead atoms. The molecule has 0 radical (unpaired) electrons. The van der Waals surface area contributed by atoms with Crippen LogP contribution in [0.3, 0.4) is 0 Å². The number of aromatic nitrogens is 2. The lowest BCUT2D eigenvalue weighted by molar-refractivity contribution is 0.237. The van der Waals surface area contributed by atoms with E-state index in [1.165, 1.54) is 24.8 Å². The second kappa shape index (κ2) is 5.65. The fourth-order valence-electron chi connectivity index (χ4n) is 2.56. The van der Waals surface area contributed by atoms with Crippen LogP contribution in [0.5, 0.6) is 0 Å². The van der Waals surface area contributed by atoms with Gasteiger partial charge in [0.25, 0.3) is 0 Å². The first-order valence-electron chi connectivity index (χ1n) is 6.87. The number of hydrogen-bond acceptors (Lipinski definition) is 4. The van der Waals surface area contributed by atoms with Crippen LogP contribution in [-0.2, 0) is 6.54 Å². The first-order valence-corrected chi connectivity index (χ1v) is 6.87. The molecule has 1 aromatic rings. The van der Waals surface area contributed by atoms with Crippen LogP contribution in [0.1, 0.15) is 38.7 Å². The fraction of sp³-hybridized carbons (Fsp3) is 0.714. The molecule has 2 rings (SSSR count). The zero-order valence-corrected chi connectivity index (χ0v) is 11.7. The van der Waals surface area contributed by atoms with E-state index in [0.717, 1.165) is 25.5 Å². The summed E-state index contributed by atoms with van der Waals surface area (Å²) >= 11 is 0. The molecule has 0 aliphatic carbocycles. The molecule has 18 heavy (non-hydrogen) atoms. The van der Waals surface area contributed by atoms with Gasteiger partial charge in [-0.3, -0.25) is 0 Å². The molecule has 0 amide bonds. The Balaban J connectivity index is 2.09. The summed E-state index contributed by atoms with van der Waals surface area (Å²) in [5.74, 6) is 1.11. The Kier molecular flexibility index (Phi) is 4.17. The number of piperidine rings is 1. The van der Waals surface area contributed by atoms with E-state index in [-0.39, 0.29) is 0 Å². The first-order chi connectivity index (χ1) is 8.68. The lowest BCUT2D eigenvalue weighted by Crippen LogP contribution is -2.39. The molecule has 0 aromatic carbocycles. The molecule has 1 aliphatic heterocycles. The maximum Gasteiger partial charge on any atom is 0.136 e. The minimum Gasteiger partial charge on any atom is -0.356 e. The molecule has 1 saturated heterocycles. The molecule has 1 N–H and O–H groups in total. The smallest absolute Gasteiger partial charge is 0.136 e. The number of nitrogens with zero attached hydrogens (tertiary/aromatic N) is 3. The SMILES string of the molecule is CCC1(C)CCN(c2ncncc2CNC)CC1. The third kappa shape index (κ3) is 2.80. The monoisotopic (exact) mass is 248 g/mol. The Morgan fingerprint density at radius 3 is 2.72 bits per heavy atom. The highest BCUT2D eigenvalue weighted by molar-refractivity contribution is 5.45. The van der Waals surface area contributed by atoms with Gasteiger partial charge in [-0.25, -0.2) is 9.97 Å². The molecule has 1 fully saturated rings. The molecule has 0 atom stereocenters. The van der Waals surface area contributed by atoms with Gasteiger partial charge in [0.1, 0.15) is 12.1 Å². The maximum atomic E-state index is 4.47. The van der Waals surface area contributed by atoms with E-state index in [9.17, 15) is 0 Å². The van der Waals surface area contributed by atoms with E-state index >= 15 is 0 Å². The minimum absolute atomic E-state index is 0.521. The van der Waals surface area contributed by atoms with Gasteiger partial charge in [0.15, 0.2) is 0 Å². The Bertz CT molecular complexity index is 383. The number of anilines is 1. The molecule has 0 unspecified atom stereocenters. The van der Waals surface area contributed by atoms with Gasteiger partial charge in [-0.05, 0) is 25.3 Å². The molecule has 0 saturated carbocycles. The lowest BCUT2D eigenvalue weighted by Gasteiger charge is -2.40. The lowest BCUT2D eigenvalue weighted by atomic mass is 9.78. The molecular formula is C14H24N4. The van der Waals surface area contributed by atoms with Gasteiger partial charge in [-0.15, -0.1) is 0 Å². The highest BCUT2D eigenvalue weighted by atomic mass is 15.2. The summed E-state index contributed by atoms with van der Waals surface area (Å²) in [5.41, 5.74) is 1.72. The summed E-state index contributed by atoms with van der Waals surface area (Å²) in [6.07, 6.45) is 7.36. The molecule has 4 heteroatoms. The van der Waals surface area contributed by atoms with E-state index in [2.05, 4.69) is 34.0 Å². The van der Waals surface area contributed by atoms with E-state index in [1.807, 2.05) is 13.2 Å². The van der Waals surface area contributed by atoms with Gasteiger partial charge < -0.3 is 10.2 Å². The van der Waals surface area contributed by atoms with Crippen LogP contribution in [0.25, 0.3) is 0 Å². The Morgan fingerprint density at radius 1 is 1.39 bits per heavy atom. The van der Waals surface area contributed by atoms with Crippen LogP contribution in [0.2, 0.25) is 0 Å². The quantitative estimate of drug-likeness (QED) is 0.887. The molecule has 100 valence electrons. The van der Waals surface area contributed by atoms with Crippen molar-refractivity contribution in [3.8, 4) is 0 Å². The third-order valence-corrected chi connectivity index (χ3v) is 4.26. The van der Waals surface area contributed by atoms with Crippen molar-refractivity contribution >= 4 is 5.82 Å². The van der Waals surface area contributed by atoms with Crippen LogP contribution in [0, 0.1) is 5.41 Å². The highest BCUT2D eigenvalue weighted by Gasteiger charge is 2.29. The van der Waals surface area contributed by atoms with Gasteiger partial charge in [0.05, 0.1) is 0 Å². The minimum atomic E-state index is 0.521. The molecule has 0 spiro atoms. The van der Waals surface area contributed by atoms with E-state index in [0.29, 0.717) is 5.41 Å². The van der Waals surface area contributed by atoms with Gasteiger partial charge in [0, 0.05) is 31.4 Å². The molecule has 1 aromatic heterocycles. The second-order valence-corrected chi connectivity index (χ2v) is 5.55. The van der Waals surface area contributed by atoms with E-state index < -0.39 is 0 Å². The van der Waals surface area contributed by atoms with Crippen molar-refractivity contribution in [1.29, 1.82) is 0 Å². The molecule has 2 heterocycles. The number of hydrogen-bond donors (Lipinski definition) is 1. The summed E-state index contributed by atoms with van der Waals surface area (Å²) in [6, 6.07) is 0. The first kappa shape index (κ1) is 13.3. The van der Waals surface area contributed by atoms with Gasteiger partial charge in [0.2, 0.25) is 0 Å². The summed E-state index contributed by atoms with van der Waals surface area (Å²) in [4.78, 5) is 11.0. The van der Waals surface area contributed by atoms with Crippen LogP contribution in [0.4, 0.5) is 5.82 Å². The molecule has 1 aliphatic rings. The fourth-order valence-corrected chi connectivity index (χ4v) is 2.56. The highest BCUT2D eigenvalue weighted by Crippen LogP contribution is 2.35. The van der Waals surface area contributed by atoms with Crippen LogP contribution in [-0.4, -0.2) is 30.1 Å². The van der Waals surface area contributed by atoms with Crippen molar-refractivity contribution in [2.75, 3.05) is 25.0 Å². The summed E-state index contributed by atoms with van der Waals surface area (Å²) in [5, 5.41) is 3.18. The summed E-state index contributed by atoms with van der Waals surface area (Å²) in [6.45, 7) is 7.75. The van der Waals surface area contributed by atoms with Crippen molar-refractivity contribution in [3.05, 3.63) is 18.1 Å². The summed E-state index contributed by atoms with van der Waals surface area (Å²) < 4.78 is 0. The predicted molar refractivity (Wildman–Crippen MR) is 74.6 cm³/mol. The Labute approximate surface area is 110 Å². The Morgan fingerprint density at radius 2 is 2.11 bits per heavy atom. The van der Waals surface area contributed by atoms with Crippen LogP contribution >= 0.6 is 0 Å². The third-order valence-electron chi connectivity index (χ3n) is 4.26. The normalized spacial score (nSPS) is 18.9. The van der Waals surface area contributed by atoms with E-state index in [1.54, 1.807) is 6.33 Å². The Hall–Kier alpha value is -1.16. The molecular weight excluding hydrogens is 224 g/mol. The number of nitrogens with one attached hydrogen (secondary N) is 1. The standard InChI is InChI=1S/C14H24N4/c1-4-14(2)5-7-18(8-6-14)13-12(9-15-3)10-16-11-17-13/h10-11,15H,4-9H2,1-3H3.